The van der Waals surface area contributed by atoms with Gasteiger partial charge in [0.05, 0.1) is 24.5 Å². The Morgan fingerprint density at radius 3 is 2.03 bits per heavy atom. The van der Waals surface area contributed by atoms with E-state index in [2.05, 4.69) is 22.8 Å². The number of para-hydroxylation sites is 1. The Hall–Kier alpha value is -4.58. The number of carbonyl (C=O) groups excluding carboxylic acids is 2. The molecule has 0 aromatic heterocycles. The Kier molecular flexibility index (Phi) is 8.33. The second-order valence-electron chi connectivity index (χ2n) is 8.02. The largest absolute Gasteiger partial charge is 0.494 e. The van der Waals surface area contributed by atoms with E-state index in [-0.39, 0.29) is 11.8 Å². The molecule has 0 radical (unpaired) electrons. The third-order valence-corrected chi connectivity index (χ3v) is 5.46. The molecule has 0 fully saturated rings. The van der Waals surface area contributed by atoms with Crippen molar-refractivity contribution in [2.75, 3.05) is 23.8 Å². The number of hydrogen-bond donors (Lipinski definition) is 2. The van der Waals surface area contributed by atoms with Gasteiger partial charge in [-0.25, -0.2) is 0 Å². The highest BCUT2D eigenvalue weighted by Gasteiger charge is 2.14. The predicted molar refractivity (Wildman–Crippen MR) is 142 cm³/mol. The number of rotatable bonds is 10. The molecule has 6 nitrogen and oxygen atoms in total. The first-order valence-corrected chi connectivity index (χ1v) is 11.8. The lowest BCUT2D eigenvalue weighted by Gasteiger charge is -2.12. The fraction of sp³-hybridized carbons (Fsp3) is 0.133. The Bertz CT molecular complexity index is 1290. The maximum Gasteiger partial charge on any atom is 0.257 e. The molecule has 0 atom stereocenters. The quantitative estimate of drug-likeness (QED) is 0.283. The summed E-state index contributed by atoms with van der Waals surface area (Å²) in [5.41, 5.74) is 3.09. The van der Waals surface area contributed by atoms with Crippen LogP contribution in [0, 0.1) is 0 Å². The van der Waals surface area contributed by atoms with Crippen LogP contribution in [0.15, 0.2) is 103 Å². The van der Waals surface area contributed by atoms with E-state index in [4.69, 9.17) is 9.47 Å². The second kappa shape index (κ2) is 12.2. The number of carbonyl (C=O) groups is 2. The van der Waals surface area contributed by atoms with Crippen LogP contribution in [-0.4, -0.2) is 25.0 Å². The average molecular weight is 481 g/mol. The Morgan fingerprint density at radius 2 is 1.31 bits per heavy atom. The molecular weight excluding hydrogens is 452 g/mol. The zero-order valence-corrected chi connectivity index (χ0v) is 20.1. The number of benzene rings is 4. The zero-order valence-electron chi connectivity index (χ0n) is 20.1. The van der Waals surface area contributed by atoms with Crippen molar-refractivity contribution in [3.8, 4) is 11.5 Å². The van der Waals surface area contributed by atoms with Gasteiger partial charge in [-0.3, -0.25) is 9.59 Å². The van der Waals surface area contributed by atoms with Crippen LogP contribution in [0.3, 0.4) is 0 Å². The molecule has 182 valence electrons. The van der Waals surface area contributed by atoms with Gasteiger partial charge in [0, 0.05) is 17.7 Å². The van der Waals surface area contributed by atoms with Crippen molar-refractivity contribution in [2.24, 2.45) is 0 Å². The molecule has 2 N–H and O–H groups in total. The van der Waals surface area contributed by atoms with Crippen LogP contribution in [0.1, 0.15) is 33.2 Å². The van der Waals surface area contributed by atoms with Gasteiger partial charge in [0.15, 0.2) is 0 Å². The lowest BCUT2D eigenvalue weighted by molar-refractivity contribution is 0.102. The van der Waals surface area contributed by atoms with Crippen molar-refractivity contribution < 1.29 is 19.1 Å². The summed E-state index contributed by atoms with van der Waals surface area (Å²) in [6, 6.07) is 31.1. The summed E-state index contributed by atoms with van der Waals surface area (Å²) < 4.78 is 11.2. The molecule has 4 aromatic carbocycles. The van der Waals surface area contributed by atoms with Crippen LogP contribution < -0.4 is 20.1 Å². The zero-order chi connectivity index (χ0) is 25.2. The van der Waals surface area contributed by atoms with Crippen LogP contribution in [0.4, 0.5) is 11.4 Å². The van der Waals surface area contributed by atoms with Gasteiger partial charge in [0.25, 0.3) is 11.8 Å². The van der Waals surface area contributed by atoms with E-state index in [0.717, 1.165) is 12.2 Å². The smallest absolute Gasteiger partial charge is 0.257 e. The van der Waals surface area contributed by atoms with E-state index < -0.39 is 0 Å². The molecule has 0 saturated carbocycles. The van der Waals surface area contributed by atoms with E-state index in [0.29, 0.717) is 41.5 Å². The van der Waals surface area contributed by atoms with Crippen molar-refractivity contribution in [2.45, 2.75) is 13.3 Å². The minimum Gasteiger partial charge on any atom is -0.494 e. The lowest BCUT2D eigenvalue weighted by atomic mass is 10.1. The van der Waals surface area contributed by atoms with Gasteiger partial charge in [0.1, 0.15) is 11.5 Å². The highest BCUT2D eigenvalue weighted by atomic mass is 16.5. The summed E-state index contributed by atoms with van der Waals surface area (Å²) in [6.07, 6.45) is 0.804. The Balaban J connectivity index is 1.35. The van der Waals surface area contributed by atoms with Crippen molar-refractivity contribution in [3.05, 3.63) is 120 Å². The number of ether oxygens (including phenoxy) is 2. The number of nitrogens with one attached hydrogen (secondary N) is 2. The summed E-state index contributed by atoms with van der Waals surface area (Å²) in [5, 5.41) is 5.70. The highest BCUT2D eigenvalue weighted by Crippen LogP contribution is 2.21. The average Bonchev–Trinajstić information content (AvgIpc) is 2.91. The van der Waals surface area contributed by atoms with Gasteiger partial charge in [0.2, 0.25) is 0 Å². The summed E-state index contributed by atoms with van der Waals surface area (Å²) in [5.74, 6) is 0.790. The standard InChI is InChI=1S/C30H28N2O4/c1-2-35-25-18-14-24(15-19-25)31-30(34)27-10-6-7-11-28(27)32-29(33)23-12-16-26(17-13-23)36-21-20-22-8-4-3-5-9-22/h3-19H,2,20-21H2,1H3,(H,31,34)(H,32,33). The minimum atomic E-state index is -0.322. The first-order chi connectivity index (χ1) is 17.6. The summed E-state index contributed by atoms with van der Waals surface area (Å²) in [4.78, 5) is 25.8. The van der Waals surface area contributed by atoms with Crippen molar-refractivity contribution in [3.63, 3.8) is 0 Å². The molecule has 0 spiro atoms. The van der Waals surface area contributed by atoms with Gasteiger partial charge >= 0.3 is 0 Å². The number of anilines is 2. The maximum absolute atomic E-state index is 12.9. The minimum absolute atomic E-state index is 0.313. The van der Waals surface area contributed by atoms with Crippen LogP contribution in [0.2, 0.25) is 0 Å². The van der Waals surface area contributed by atoms with Gasteiger partial charge in [-0.1, -0.05) is 42.5 Å². The fourth-order valence-corrected chi connectivity index (χ4v) is 3.62. The predicted octanol–water partition coefficient (Wildman–Crippen LogP) is 6.21. The van der Waals surface area contributed by atoms with Crippen molar-refractivity contribution >= 4 is 23.2 Å². The normalized spacial score (nSPS) is 10.4. The maximum atomic E-state index is 12.9. The first-order valence-electron chi connectivity index (χ1n) is 11.8. The van der Waals surface area contributed by atoms with E-state index in [9.17, 15) is 9.59 Å². The molecule has 2 amide bonds. The lowest BCUT2D eigenvalue weighted by Crippen LogP contribution is -2.18. The number of amides is 2. The molecule has 0 aliphatic rings. The molecule has 0 heterocycles. The van der Waals surface area contributed by atoms with Crippen molar-refractivity contribution in [1.29, 1.82) is 0 Å². The van der Waals surface area contributed by atoms with E-state index in [1.807, 2.05) is 25.1 Å². The fourth-order valence-electron chi connectivity index (χ4n) is 3.62. The molecule has 4 aromatic rings. The summed E-state index contributed by atoms with van der Waals surface area (Å²) >= 11 is 0. The van der Waals surface area contributed by atoms with Gasteiger partial charge in [-0.2, -0.15) is 0 Å². The molecule has 0 aliphatic carbocycles. The SMILES string of the molecule is CCOc1ccc(NC(=O)c2ccccc2NC(=O)c2ccc(OCCc3ccccc3)cc2)cc1. The molecule has 0 aliphatic heterocycles. The topological polar surface area (TPSA) is 76.7 Å². The molecule has 36 heavy (non-hydrogen) atoms. The molecule has 0 saturated heterocycles. The first kappa shape index (κ1) is 24.5. The van der Waals surface area contributed by atoms with E-state index in [1.54, 1.807) is 72.8 Å². The third-order valence-electron chi connectivity index (χ3n) is 5.46. The monoisotopic (exact) mass is 480 g/mol. The molecule has 4 rings (SSSR count). The second-order valence-corrected chi connectivity index (χ2v) is 8.02. The van der Waals surface area contributed by atoms with Crippen LogP contribution in [0.5, 0.6) is 11.5 Å². The Morgan fingerprint density at radius 1 is 0.667 bits per heavy atom. The molecule has 6 heteroatoms. The van der Waals surface area contributed by atoms with Crippen molar-refractivity contribution in [1.82, 2.24) is 0 Å². The summed E-state index contributed by atoms with van der Waals surface area (Å²) in [7, 11) is 0. The van der Waals surface area contributed by atoms with Gasteiger partial charge in [-0.05, 0) is 73.2 Å². The Labute approximate surface area is 210 Å². The number of hydrogen-bond acceptors (Lipinski definition) is 4. The third kappa shape index (κ3) is 6.73. The van der Waals surface area contributed by atoms with E-state index in [1.165, 1.54) is 5.56 Å². The van der Waals surface area contributed by atoms with Crippen LogP contribution >= 0.6 is 0 Å². The van der Waals surface area contributed by atoms with Gasteiger partial charge < -0.3 is 20.1 Å². The van der Waals surface area contributed by atoms with E-state index >= 15 is 0 Å². The van der Waals surface area contributed by atoms with Crippen LogP contribution in [-0.2, 0) is 6.42 Å². The summed E-state index contributed by atoms with van der Waals surface area (Å²) in [6.45, 7) is 3.03. The highest BCUT2D eigenvalue weighted by molar-refractivity contribution is 6.12. The molecule has 0 unspecified atom stereocenters. The van der Waals surface area contributed by atoms with Crippen LogP contribution in [0.25, 0.3) is 0 Å². The molecule has 0 bridgehead atoms. The molecular formula is C30H28N2O4. The van der Waals surface area contributed by atoms with Gasteiger partial charge in [-0.15, -0.1) is 0 Å².